The van der Waals surface area contributed by atoms with Crippen LogP contribution < -0.4 is 0 Å². The molecule has 0 aliphatic heterocycles. The topological polar surface area (TPSA) is 38.9 Å². The average Bonchev–Trinajstić information content (AvgIpc) is 3.41. The van der Waals surface area contributed by atoms with Crippen molar-refractivity contribution >= 4 is 32.8 Å². The van der Waals surface area contributed by atoms with Crippen LogP contribution in [0, 0.1) is 0 Å². The van der Waals surface area contributed by atoms with E-state index in [2.05, 4.69) is 115 Å². The third-order valence-electron chi connectivity index (χ3n) is 7.65. The summed E-state index contributed by atoms with van der Waals surface area (Å²) in [5.41, 5.74) is 9.75. The lowest BCUT2D eigenvalue weighted by molar-refractivity contribution is 0.668. The van der Waals surface area contributed by atoms with Crippen molar-refractivity contribution < 1.29 is 4.42 Å². The molecule has 0 radical (unpaired) electrons. The molecule has 0 bridgehead atoms. The molecule has 6 aromatic carbocycles. The maximum absolute atomic E-state index is 6.46. The van der Waals surface area contributed by atoms with Gasteiger partial charge in [0, 0.05) is 16.5 Å². The van der Waals surface area contributed by atoms with E-state index in [-0.39, 0.29) is 0 Å². The second kappa shape index (κ2) is 9.58. The third kappa shape index (κ3) is 4.16. The van der Waals surface area contributed by atoms with Crippen LogP contribution in [0.1, 0.15) is 0 Å². The van der Waals surface area contributed by atoms with Crippen LogP contribution in [0.2, 0.25) is 0 Å². The molecule has 2 aromatic heterocycles. The van der Waals surface area contributed by atoms with Gasteiger partial charge in [0.1, 0.15) is 16.8 Å². The van der Waals surface area contributed by atoms with E-state index < -0.39 is 0 Å². The molecule has 2 heterocycles. The fourth-order valence-electron chi connectivity index (χ4n) is 5.60. The predicted octanol–water partition coefficient (Wildman–Crippen LogP) is 10.2. The monoisotopic (exact) mass is 524 g/mol. The zero-order chi connectivity index (χ0) is 27.2. The summed E-state index contributed by atoms with van der Waals surface area (Å²) in [5.74, 6) is 0.674. The van der Waals surface area contributed by atoms with Gasteiger partial charge in [-0.25, -0.2) is 9.97 Å². The minimum Gasteiger partial charge on any atom is -0.452 e. The van der Waals surface area contributed by atoms with Gasteiger partial charge in [0.15, 0.2) is 11.4 Å². The fourth-order valence-corrected chi connectivity index (χ4v) is 5.60. The van der Waals surface area contributed by atoms with Crippen molar-refractivity contribution in [1.29, 1.82) is 0 Å². The van der Waals surface area contributed by atoms with Crippen LogP contribution in [-0.2, 0) is 0 Å². The maximum atomic E-state index is 6.46. The normalized spacial score (nSPS) is 11.4. The summed E-state index contributed by atoms with van der Waals surface area (Å²) < 4.78 is 6.46. The lowest BCUT2D eigenvalue weighted by Crippen LogP contribution is -1.94. The van der Waals surface area contributed by atoms with Crippen LogP contribution in [0.3, 0.4) is 0 Å². The molecule has 8 rings (SSSR count). The number of hydrogen-bond donors (Lipinski definition) is 0. The van der Waals surface area contributed by atoms with Crippen molar-refractivity contribution in [2.45, 2.75) is 0 Å². The van der Waals surface area contributed by atoms with E-state index in [1.807, 2.05) is 30.3 Å². The second-order valence-electron chi connectivity index (χ2n) is 10.3. The summed E-state index contributed by atoms with van der Waals surface area (Å²) in [6.45, 7) is 0. The van der Waals surface area contributed by atoms with Gasteiger partial charge in [0.05, 0.1) is 0 Å². The Morgan fingerprint density at radius 2 is 0.951 bits per heavy atom. The predicted molar refractivity (Wildman–Crippen MR) is 169 cm³/mol. The van der Waals surface area contributed by atoms with Crippen molar-refractivity contribution in [3.63, 3.8) is 0 Å². The van der Waals surface area contributed by atoms with Crippen molar-refractivity contribution in [3.8, 4) is 44.9 Å². The van der Waals surface area contributed by atoms with Crippen LogP contribution >= 0.6 is 0 Å². The molecule has 41 heavy (non-hydrogen) atoms. The Morgan fingerprint density at radius 1 is 0.415 bits per heavy atom. The van der Waals surface area contributed by atoms with Crippen molar-refractivity contribution in [3.05, 3.63) is 146 Å². The minimum absolute atomic E-state index is 0.674. The summed E-state index contributed by atoms with van der Waals surface area (Å²) >= 11 is 0. The van der Waals surface area contributed by atoms with Crippen LogP contribution in [0.4, 0.5) is 0 Å². The zero-order valence-electron chi connectivity index (χ0n) is 22.2. The van der Waals surface area contributed by atoms with Crippen molar-refractivity contribution in [2.24, 2.45) is 0 Å². The van der Waals surface area contributed by atoms with E-state index in [0.29, 0.717) is 11.4 Å². The fraction of sp³-hybridized carbons (Fsp3) is 0. The smallest absolute Gasteiger partial charge is 0.180 e. The second-order valence-corrected chi connectivity index (χ2v) is 10.3. The van der Waals surface area contributed by atoms with E-state index in [9.17, 15) is 0 Å². The molecule has 0 N–H and O–H groups in total. The van der Waals surface area contributed by atoms with Gasteiger partial charge in [-0.1, -0.05) is 121 Å². The lowest BCUT2D eigenvalue weighted by atomic mass is 9.98. The van der Waals surface area contributed by atoms with Gasteiger partial charge >= 0.3 is 0 Å². The quantitative estimate of drug-likeness (QED) is 0.230. The van der Waals surface area contributed by atoms with E-state index in [4.69, 9.17) is 14.4 Å². The Kier molecular flexibility index (Phi) is 5.46. The number of aromatic nitrogens is 2. The van der Waals surface area contributed by atoms with Gasteiger partial charge in [-0.05, 0) is 57.3 Å². The largest absolute Gasteiger partial charge is 0.452 e. The van der Waals surface area contributed by atoms with Gasteiger partial charge in [-0.15, -0.1) is 0 Å². The summed E-state index contributed by atoms with van der Waals surface area (Å²) in [7, 11) is 0. The first-order chi connectivity index (χ1) is 20.3. The number of hydrogen-bond acceptors (Lipinski definition) is 3. The van der Waals surface area contributed by atoms with E-state index in [0.717, 1.165) is 55.2 Å². The molecule has 0 aliphatic carbocycles. The van der Waals surface area contributed by atoms with E-state index in [1.54, 1.807) is 0 Å². The molecule has 0 atom stereocenters. The number of rotatable bonds is 4. The van der Waals surface area contributed by atoms with Gasteiger partial charge in [-0.3, -0.25) is 0 Å². The minimum atomic E-state index is 0.674. The Bertz CT molecular complexity index is 2200. The molecule has 3 heteroatoms. The van der Waals surface area contributed by atoms with E-state index in [1.165, 1.54) is 11.1 Å². The molecule has 0 aliphatic rings. The van der Waals surface area contributed by atoms with Gasteiger partial charge in [0.2, 0.25) is 0 Å². The highest BCUT2D eigenvalue weighted by Crippen LogP contribution is 2.38. The Labute approximate surface area is 237 Å². The van der Waals surface area contributed by atoms with Crippen LogP contribution in [0.5, 0.6) is 0 Å². The molecule has 0 amide bonds. The summed E-state index contributed by atoms with van der Waals surface area (Å²) in [6, 6.07) is 50.4. The van der Waals surface area contributed by atoms with Gasteiger partial charge in [0.25, 0.3) is 0 Å². The maximum Gasteiger partial charge on any atom is 0.180 e. The first kappa shape index (κ1) is 23.4. The van der Waals surface area contributed by atoms with Crippen LogP contribution in [-0.4, -0.2) is 9.97 Å². The van der Waals surface area contributed by atoms with Crippen LogP contribution in [0.25, 0.3) is 77.7 Å². The number of fused-ring (bicyclic) bond motifs is 4. The average molecular weight is 525 g/mol. The molecule has 0 saturated carbocycles. The standard InChI is InChI=1S/C38H24N2O/c1-3-11-25(12-4-1)27-17-9-18-28(21-27)29-19-10-20-32(22-29)38-39-35(26-13-5-2-6-14-26)37-36(40-38)33-23-30-15-7-8-16-31(30)24-34(33)41-37/h1-24H. The summed E-state index contributed by atoms with van der Waals surface area (Å²) in [6.07, 6.45) is 0. The molecular formula is C38H24N2O. The van der Waals surface area contributed by atoms with E-state index >= 15 is 0 Å². The number of benzene rings is 6. The molecule has 0 fully saturated rings. The molecule has 3 nitrogen and oxygen atoms in total. The molecule has 0 saturated heterocycles. The Morgan fingerprint density at radius 3 is 1.66 bits per heavy atom. The number of furan rings is 1. The third-order valence-corrected chi connectivity index (χ3v) is 7.65. The molecular weight excluding hydrogens is 500 g/mol. The highest BCUT2D eigenvalue weighted by atomic mass is 16.3. The lowest BCUT2D eigenvalue weighted by Gasteiger charge is -2.09. The highest BCUT2D eigenvalue weighted by molar-refractivity contribution is 6.11. The molecule has 0 unspecified atom stereocenters. The summed E-state index contributed by atoms with van der Waals surface area (Å²) in [4.78, 5) is 10.2. The zero-order valence-corrected chi connectivity index (χ0v) is 22.2. The van der Waals surface area contributed by atoms with Crippen molar-refractivity contribution in [2.75, 3.05) is 0 Å². The number of nitrogens with zero attached hydrogens (tertiary/aromatic N) is 2. The molecule has 0 spiro atoms. The SMILES string of the molecule is c1ccc(-c2cccc(-c3cccc(-c4nc(-c5ccccc5)c5oc6cc7ccccc7cc6c5n4)c3)c2)cc1. The first-order valence-corrected chi connectivity index (χ1v) is 13.7. The molecule has 8 aromatic rings. The van der Waals surface area contributed by atoms with Gasteiger partial charge < -0.3 is 4.42 Å². The van der Waals surface area contributed by atoms with Crippen molar-refractivity contribution in [1.82, 2.24) is 9.97 Å². The highest BCUT2D eigenvalue weighted by Gasteiger charge is 2.19. The first-order valence-electron chi connectivity index (χ1n) is 13.7. The van der Waals surface area contributed by atoms with Gasteiger partial charge in [-0.2, -0.15) is 0 Å². The Balaban J connectivity index is 1.32. The van der Waals surface area contributed by atoms with Crippen LogP contribution in [0.15, 0.2) is 150 Å². The summed E-state index contributed by atoms with van der Waals surface area (Å²) in [5, 5.41) is 3.29. The molecule has 192 valence electrons. The Hall–Kier alpha value is -5.54.